The van der Waals surface area contributed by atoms with E-state index < -0.39 is 56.9 Å². The van der Waals surface area contributed by atoms with Gasteiger partial charge in [-0.05, 0) is 108 Å². The van der Waals surface area contributed by atoms with Crippen LogP contribution < -0.4 is 64.6 Å². The van der Waals surface area contributed by atoms with E-state index in [9.17, 15) is 61.1 Å². The van der Waals surface area contributed by atoms with Crippen molar-refractivity contribution in [3.8, 4) is 57.6 Å². The number of H-pyrrole nitrogens is 3. The smallest absolute Gasteiger partial charge is 0.362 e. The number of benzene rings is 6. The van der Waals surface area contributed by atoms with Crippen molar-refractivity contribution in [2.24, 2.45) is 0 Å². The Bertz CT molecular complexity index is 5790. The van der Waals surface area contributed by atoms with Gasteiger partial charge in [0.25, 0.3) is 33.4 Å². The zero-order valence-electron chi connectivity index (χ0n) is 50.4. The fraction of sp³-hybridized carbons (Fsp3) is 0.0462. The van der Waals surface area contributed by atoms with Gasteiger partial charge in [-0.2, -0.15) is 29.5 Å². The van der Waals surface area contributed by atoms with Gasteiger partial charge >= 0.3 is 23.0 Å². The number of aromatic amines is 3. The first-order valence-corrected chi connectivity index (χ1v) is 30.6. The number of hydrogen-bond donors (Lipinski definition) is 4. The van der Waals surface area contributed by atoms with Crippen molar-refractivity contribution in [1.82, 2.24) is 58.0 Å². The van der Waals surface area contributed by atoms with E-state index in [2.05, 4.69) is 20.3 Å². The van der Waals surface area contributed by atoms with E-state index >= 15 is 0 Å². The Morgan fingerprint density at radius 2 is 0.762 bits per heavy atom. The summed E-state index contributed by atoms with van der Waals surface area (Å²) in [5, 5.41) is 29.1. The third-order valence-corrected chi connectivity index (χ3v) is 15.4. The van der Waals surface area contributed by atoms with Gasteiger partial charge in [0, 0.05) is 18.2 Å². The summed E-state index contributed by atoms with van der Waals surface area (Å²) >= 11 is 37.8. The lowest BCUT2D eigenvalue weighted by atomic mass is 10.2. The van der Waals surface area contributed by atoms with Crippen LogP contribution in [0.4, 0.5) is 13.2 Å². The van der Waals surface area contributed by atoms with E-state index in [1.807, 2.05) is 9.97 Å². The topological polar surface area (TPSA) is 358 Å². The molecule has 0 aliphatic rings. The molecule has 6 aromatic heterocycles. The van der Waals surface area contributed by atoms with Crippen molar-refractivity contribution in [1.29, 1.82) is 5.26 Å². The Kier molecular flexibility index (Phi) is 22.1. The van der Waals surface area contributed by atoms with Crippen molar-refractivity contribution < 1.29 is 37.3 Å². The molecule has 12 rings (SSSR count). The van der Waals surface area contributed by atoms with E-state index in [0.29, 0.717) is 15.8 Å². The molecule has 0 aliphatic heterocycles. The van der Waals surface area contributed by atoms with Gasteiger partial charge in [0.1, 0.15) is 47.0 Å². The van der Waals surface area contributed by atoms with Gasteiger partial charge in [-0.15, -0.1) is 5.10 Å². The average Bonchev–Trinajstić information content (AvgIpc) is 0.798. The molecular formula is C65H38Cl6F3N13O14. The maximum absolute atomic E-state index is 13.1. The van der Waals surface area contributed by atoms with Gasteiger partial charge in [0.15, 0.2) is 17.2 Å². The predicted molar refractivity (Wildman–Crippen MR) is 362 cm³/mol. The lowest BCUT2D eigenvalue weighted by Crippen LogP contribution is -2.35. The minimum absolute atomic E-state index is 0.00260. The lowest BCUT2D eigenvalue weighted by molar-refractivity contribution is 0.0685. The number of pyridine rings is 3. The standard InChI is InChI=1S/C22H12Cl2FN5O4.C22H13Cl2FN4O6.C21H13Cl2FN4O4/c23-16-7-14(30-22(33)27-21(32)18(9-26)28-30)8-17(24)20(16)34-15-5-6-19(31)29(11-15)10-12-1-3-13(25)4-2-12;23-15-7-13(29-22(34)26-20(31)18(27-29)21(32)33)8-16(24)19(15)35-14-5-6-17(30)28(10-14)9-11-1-3-12(25)4-2-11;22-16-7-14(28-21(31)26-18(29)9-25-28)8-17(23)20(16)32-15-5-6-19(30)27(11-15)10-12-1-3-13(24)4-2-12/h1-8,11H,10H2,(H,27,32,33);1-8,10H,9H2,(H,32,33)(H,26,31,34);1-9,11H,10H2,(H,26,29,31). The second-order valence-corrected chi connectivity index (χ2v) is 23.1. The van der Waals surface area contributed by atoms with Crippen molar-refractivity contribution in [2.45, 2.75) is 19.6 Å². The summed E-state index contributed by atoms with van der Waals surface area (Å²) in [7, 11) is 0. The van der Waals surface area contributed by atoms with Crippen molar-refractivity contribution in [3.63, 3.8) is 0 Å². The molecule has 0 unspecified atom stereocenters. The first-order chi connectivity index (χ1) is 48.2. The van der Waals surface area contributed by atoms with Crippen molar-refractivity contribution in [2.75, 3.05) is 0 Å². The first kappa shape index (κ1) is 71.7. The Morgan fingerprint density at radius 1 is 0.446 bits per heavy atom. The molecule has 27 nitrogen and oxygen atoms in total. The number of nitrogens with zero attached hydrogens (tertiary/aromatic N) is 10. The normalized spacial score (nSPS) is 10.8. The monoisotopic (exact) mass is 1490 g/mol. The van der Waals surface area contributed by atoms with Crippen LogP contribution in [-0.4, -0.2) is 69.1 Å². The number of carboxylic acid groups (broad SMARTS) is 1. The molecule has 101 heavy (non-hydrogen) atoms. The van der Waals surface area contributed by atoms with E-state index in [-0.39, 0.29) is 130 Å². The maximum atomic E-state index is 13.1. The number of ether oxygens (including phenoxy) is 3. The van der Waals surface area contributed by atoms with E-state index in [1.165, 1.54) is 141 Å². The van der Waals surface area contributed by atoms with Gasteiger partial charge in [-0.1, -0.05) is 106 Å². The summed E-state index contributed by atoms with van der Waals surface area (Å²) in [4.78, 5) is 124. The molecule has 0 saturated heterocycles. The van der Waals surface area contributed by atoms with Crippen LogP contribution in [0.1, 0.15) is 32.9 Å². The summed E-state index contributed by atoms with van der Waals surface area (Å²) in [5.41, 5.74) is -5.32. The molecule has 36 heteroatoms. The Balaban J connectivity index is 0.000000164. The summed E-state index contributed by atoms with van der Waals surface area (Å²) in [6.07, 6.45) is 5.27. The zero-order valence-corrected chi connectivity index (χ0v) is 55.0. The van der Waals surface area contributed by atoms with Crippen LogP contribution in [0.2, 0.25) is 30.1 Å². The summed E-state index contributed by atoms with van der Waals surface area (Å²) in [5.74, 6) is -1.94. The summed E-state index contributed by atoms with van der Waals surface area (Å²) in [6, 6.07) is 34.8. The quantitative estimate of drug-likeness (QED) is 0.0699. The number of halogens is 9. The fourth-order valence-electron chi connectivity index (χ4n) is 8.99. The van der Waals surface area contributed by atoms with Crippen LogP contribution in [0, 0.1) is 28.8 Å². The number of nitriles is 1. The maximum Gasteiger partial charge on any atom is 0.362 e. The highest BCUT2D eigenvalue weighted by molar-refractivity contribution is 6.38. The molecule has 510 valence electrons. The average molecular weight is 1490 g/mol. The van der Waals surface area contributed by atoms with Gasteiger partial charge in [-0.3, -0.25) is 43.7 Å². The predicted octanol–water partition coefficient (Wildman–Crippen LogP) is 9.68. The highest BCUT2D eigenvalue weighted by Crippen LogP contribution is 2.41. The van der Waals surface area contributed by atoms with E-state index in [4.69, 9.17) is 94.2 Å². The van der Waals surface area contributed by atoms with Crippen LogP contribution in [0.3, 0.4) is 0 Å². The molecule has 12 aromatic rings. The molecule has 0 amide bonds. The number of aromatic nitrogens is 12. The molecule has 0 atom stereocenters. The Hall–Kier alpha value is -12.1. The van der Waals surface area contributed by atoms with E-state index in [0.717, 1.165) is 21.1 Å². The van der Waals surface area contributed by atoms with Gasteiger partial charge < -0.3 is 33.0 Å². The second-order valence-electron chi connectivity index (χ2n) is 20.7. The molecule has 6 heterocycles. The molecule has 0 aliphatic carbocycles. The molecular weight excluding hydrogens is 1460 g/mol. The van der Waals surface area contributed by atoms with Gasteiger partial charge in [0.05, 0.1) is 85.4 Å². The SMILES string of the molecule is N#Cc1nn(-c2cc(Cl)c(Oc3ccc(=O)n(Cc4ccc(F)cc4)c3)c(Cl)c2)c(=O)[nH]c1=O.O=C(O)c1nn(-c2cc(Cl)c(Oc3ccc(=O)n(Cc4ccc(F)cc4)c3)c(Cl)c2)c(=O)[nH]c1=O.O=c1cnn(-c2cc(Cl)c(Oc3ccc(=O)n(Cc4ccc(F)cc4)c3)c(Cl)c2)c(=O)[nH]1. The zero-order chi connectivity index (χ0) is 72.5. The summed E-state index contributed by atoms with van der Waals surface area (Å²) < 4.78 is 63.1. The minimum Gasteiger partial charge on any atom is -0.476 e. The van der Waals surface area contributed by atoms with Crippen LogP contribution >= 0.6 is 69.6 Å². The van der Waals surface area contributed by atoms with Crippen LogP contribution in [-0.2, 0) is 19.6 Å². The van der Waals surface area contributed by atoms with Crippen molar-refractivity contribution >= 4 is 75.6 Å². The molecule has 0 radical (unpaired) electrons. The van der Waals surface area contributed by atoms with Gasteiger partial charge in [0.2, 0.25) is 11.4 Å². The fourth-order valence-corrected chi connectivity index (χ4v) is 10.7. The second kappa shape index (κ2) is 31.2. The molecule has 0 saturated carbocycles. The first-order valence-electron chi connectivity index (χ1n) is 28.3. The third kappa shape index (κ3) is 17.6. The molecule has 0 bridgehead atoms. The van der Waals surface area contributed by atoms with E-state index in [1.54, 1.807) is 42.5 Å². The third-order valence-electron chi connectivity index (χ3n) is 13.7. The highest BCUT2D eigenvalue weighted by Gasteiger charge is 2.21. The number of carbonyl (C=O) groups is 1. The number of aromatic carboxylic acids is 1. The van der Waals surface area contributed by atoms with Crippen LogP contribution in [0.15, 0.2) is 214 Å². The van der Waals surface area contributed by atoms with Crippen molar-refractivity contribution in [3.05, 3.63) is 340 Å². The number of rotatable bonds is 16. The Morgan fingerprint density at radius 3 is 1.09 bits per heavy atom. The van der Waals surface area contributed by atoms with Crippen LogP contribution in [0.25, 0.3) is 17.1 Å². The van der Waals surface area contributed by atoms with Crippen LogP contribution in [0.5, 0.6) is 34.5 Å². The number of hydrogen-bond acceptors (Lipinski definition) is 17. The number of nitrogens with one attached hydrogen (secondary N) is 3. The molecule has 0 fully saturated rings. The summed E-state index contributed by atoms with van der Waals surface area (Å²) in [6.45, 7) is 0.541. The largest absolute Gasteiger partial charge is 0.476 e. The molecule has 4 N–H and O–H groups in total. The molecule has 6 aromatic carbocycles. The van der Waals surface area contributed by atoms with Gasteiger partial charge in [-0.25, -0.2) is 32.3 Å². The lowest BCUT2D eigenvalue weighted by Gasteiger charge is -2.13. The molecule has 0 spiro atoms. The highest BCUT2D eigenvalue weighted by atomic mass is 35.5. The number of carboxylic acids is 1. The minimum atomic E-state index is -1.63. The Labute approximate surface area is 589 Å².